The van der Waals surface area contributed by atoms with E-state index in [0.717, 1.165) is 65.3 Å². The highest BCUT2D eigenvalue weighted by atomic mass is 32.1. The number of ether oxygens (including phenoxy) is 1. The maximum atomic E-state index is 12.9. The third kappa shape index (κ3) is 4.74. The molecule has 1 N–H and O–H groups in total. The largest absolute Gasteiger partial charge is 0.379 e. The number of nitrogens with zero attached hydrogens (tertiary/aromatic N) is 3. The average Bonchev–Trinajstić information content (AvgIpc) is 3.24. The molecule has 3 fully saturated rings. The average molecular weight is 407 g/mol. The van der Waals surface area contributed by atoms with E-state index in [2.05, 4.69) is 26.6 Å². The molecule has 3 saturated heterocycles. The van der Waals surface area contributed by atoms with Gasteiger partial charge in [-0.3, -0.25) is 19.4 Å². The number of carbonyl (C=O) groups excluding carboxylic acids is 2. The van der Waals surface area contributed by atoms with Gasteiger partial charge in [-0.1, -0.05) is 6.07 Å². The van der Waals surface area contributed by atoms with E-state index in [9.17, 15) is 9.59 Å². The Labute approximate surface area is 170 Å². The summed E-state index contributed by atoms with van der Waals surface area (Å²) >= 11 is 1.70. The number of nitrogens with one attached hydrogen (secondary N) is 1. The van der Waals surface area contributed by atoms with Crippen molar-refractivity contribution >= 4 is 23.2 Å². The van der Waals surface area contributed by atoms with Gasteiger partial charge in [0.1, 0.15) is 0 Å². The number of thiophene rings is 1. The molecule has 0 radical (unpaired) electrons. The maximum absolute atomic E-state index is 12.9. The van der Waals surface area contributed by atoms with Gasteiger partial charge in [0, 0.05) is 56.7 Å². The summed E-state index contributed by atoms with van der Waals surface area (Å²) < 4.78 is 5.44. The molecule has 3 aliphatic heterocycles. The first-order valence-electron chi connectivity index (χ1n) is 10.3. The van der Waals surface area contributed by atoms with E-state index in [1.807, 2.05) is 11.0 Å². The van der Waals surface area contributed by atoms with Gasteiger partial charge in [0.05, 0.1) is 25.7 Å². The molecule has 0 spiro atoms. The molecule has 0 bridgehead atoms. The van der Waals surface area contributed by atoms with E-state index in [1.165, 1.54) is 4.88 Å². The van der Waals surface area contributed by atoms with Crippen molar-refractivity contribution in [2.24, 2.45) is 0 Å². The van der Waals surface area contributed by atoms with E-state index in [-0.39, 0.29) is 24.3 Å². The smallest absolute Gasteiger partial charge is 0.237 e. The second-order valence-corrected chi connectivity index (χ2v) is 8.85. The number of rotatable bonds is 5. The summed E-state index contributed by atoms with van der Waals surface area (Å²) in [6.45, 7) is 7.39. The molecule has 154 valence electrons. The monoisotopic (exact) mass is 406 g/mol. The molecule has 1 atom stereocenters. The standard InChI is InChI=1S/C20H30N4O3S/c25-19(23-6-3-16(4-7-23)22-9-11-27-12-10-22)14-18-20(26)21-5-8-24(18)15-17-2-1-13-28-17/h1-2,13,16,18H,3-12,14-15H2,(H,21,26). The van der Waals surface area contributed by atoms with E-state index in [0.29, 0.717) is 12.6 Å². The number of carbonyl (C=O) groups is 2. The fourth-order valence-corrected chi connectivity index (χ4v) is 5.22. The van der Waals surface area contributed by atoms with Gasteiger partial charge in [-0.2, -0.15) is 0 Å². The van der Waals surface area contributed by atoms with Gasteiger partial charge in [-0.05, 0) is 24.3 Å². The van der Waals surface area contributed by atoms with Crippen molar-refractivity contribution in [2.45, 2.75) is 37.9 Å². The Morgan fingerprint density at radius 1 is 1.18 bits per heavy atom. The van der Waals surface area contributed by atoms with Crippen LogP contribution >= 0.6 is 11.3 Å². The van der Waals surface area contributed by atoms with Gasteiger partial charge < -0.3 is 15.0 Å². The molecule has 1 unspecified atom stereocenters. The number of hydrogen-bond donors (Lipinski definition) is 1. The van der Waals surface area contributed by atoms with Crippen LogP contribution in [0.25, 0.3) is 0 Å². The molecule has 2 amide bonds. The summed E-state index contributed by atoms with van der Waals surface area (Å²) in [6, 6.07) is 4.32. The highest BCUT2D eigenvalue weighted by molar-refractivity contribution is 7.09. The van der Waals surface area contributed by atoms with Crippen LogP contribution in [0, 0.1) is 0 Å². The van der Waals surface area contributed by atoms with Crippen molar-refractivity contribution in [2.75, 3.05) is 52.5 Å². The lowest BCUT2D eigenvalue weighted by Crippen LogP contribution is -2.57. The van der Waals surface area contributed by atoms with Crippen molar-refractivity contribution in [1.82, 2.24) is 20.0 Å². The van der Waals surface area contributed by atoms with Crippen LogP contribution in [0.1, 0.15) is 24.1 Å². The van der Waals surface area contributed by atoms with Gasteiger partial charge in [0.15, 0.2) is 0 Å². The Kier molecular flexibility index (Phi) is 6.61. The molecular weight excluding hydrogens is 376 g/mol. The second-order valence-electron chi connectivity index (χ2n) is 7.82. The molecule has 0 saturated carbocycles. The fourth-order valence-electron chi connectivity index (χ4n) is 4.49. The van der Waals surface area contributed by atoms with Crippen LogP contribution in [0.15, 0.2) is 17.5 Å². The van der Waals surface area contributed by atoms with E-state index < -0.39 is 0 Å². The minimum atomic E-state index is -0.361. The quantitative estimate of drug-likeness (QED) is 0.782. The number of hydrogen-bond acceptors (Lipinski definition) is 6. The Hall–Kier alpha value is -1.48. The van der Waals surface area contributed by atoms with Crippen LogP contribution < -0.4 is 5.32 Å². The lowest BCUT2D eigenvalue weighted by atomic mass is 10.0. The van der Waals surface area contributed by atoms with Crippen LogP contribution in [0.5, 0.6) is 0 Å². The number of likely N-dealkylation sites (tertiary alicyclic amines) is 1. The van der Waals surface area contributed by atoms with Gasteiger partial charge in [0.2, 0.25) is 11.8 Å². The van der Waals surface area contributed by atoms with Crippen LogP contribution in [0.4, 0.5) is 0 Å². The molecule has 28 heavy (non-hydrogen) atoms. The van der Waals surface area contributed by atoms with Crippen LogP contribution in [0.2, 0.25) is 0 Å². The van der Waals surface area contributed by atoms with Gasteiger partial charge in [-0.15, -0.1) is 11.3 Å². The van der Waals surface area contributed by atoms with Gasteiger partial charge >= 0.3 is 0 Å². The molecule has 4 rings (SSSR count). The van der Waals surface area contributed by atoms with Crippen molar-refractivity contribution in [3.05, 3.63) is 22.4 Å². The first-order chi connectivity index (χ1) is 13.7. The second kappa shape index (κ2) is 9.35. The lowest BCUT2D eigenvalue weighted by molar-refractivity contribution is -0.140. The zero-order valence-electron chi connectivity index (χ0n) is 16.3. The number of piperidine rings is 1. The summed E-state index contributed by atoms with van der Waals surface area (Å²) in [5.41, 5.74) is 0. The summed E-state index contributed by atoms with van der Waals surface area (Å²) in [7, 11) is 0. The Morgan fingerprint density at radius 3 is 2.68 bits per heavy atom. The van der Waals surface area contributed by atoms with Gasteiger partial charge in [0.25, 0.3) is 0 Å². The Balaban J connectivity index is 1.31. The van der Waals surface area contributed by atoms with Crippen molar-refractivity contribution < 1.29 is 14.3 Å². The van der Waals surface area contributed by atoms with E-state index >= 15 is 0 Å². The maximum Gasteiger partial charge on any atom is 0.237 e. The Morgan fingerprint density at radius 2 is 1.96 bits per heavy atom. The first kappa shape index (κ1) is 19.8. The van der Waals surface area contributed by atoms with Crippen LogP contribution in [-0.4, -0.2) is 91.1 Å². The van der Waals surface area contributed by atoms with Crippen molar-refractivity contribution in [1.29, 1.82) is 0 Å². The summed E-state index contributed by atoms with van der Waals surface area (Å²) in [5.74, 6) is 0.0954. The fraction of sp³-hybridized carbons (Fsp3) is 0.700. The number of amides is 2. The normalized spacial score (nSPS) is 25.6. The third-order valence-corrected chi connectivity index (χ3v) is 6.99. The topological polar surface area (TPSA) is 65.1 Å². The third-order valence-electron chi connectivity index (χ3n) is 6.13. The van der Waals surface area contributed by atoms with Crippen LogP contribution in [0.3, 0.4) is 0 Å². The first-order valence-corrected chi connectivity index (χ1v) is 11.2. The molecule has 1 aromatic rings. The zero-order chi connectivity index (χ0) is 19.3. The molecule has 0 aliphatic carbocycles. The lowest BCUT2D eigenvalue weighted by Gasteiger charge is -2.41. The molecule has 4 heterocycles. The predicted molar refractivity (Wildman–Crippen MR) is 108 cm³/mol. The highest BCUT2D eigenvalue weighted by Crippen LogP contribution is 2.21. The summed E-state index contributed by atoms with van der Waals surface area (Å²) in [6.07, 6.45) is 2.31. The minimum absolute atomic E-state index is 0.0145. The van der Waals surface area contributed by atoms with E-state index in [1.54, 1.807) is 11.3 Å². The van der Waals surface area contributed by atoms with E-state index in [4.69, 9.17) is 4.74 Å². The number of piperazine rings is 1. The molecular formula is C20H30N4O3S. The molecule has 1 aromatic heterocycles. The van der Waals surface area contributed by atoms with Crippen LogP contribution in [-0.2, 0) is 20.9 Å². The molecule has 0 aromatic carbocycles. The Bertz CT molecular complexity index is 654. The zero-order valence-corrected chi connectivity index (χ0v) is 17.2. The molecule has 3 aliphatic rings. The molecule has 8 heteroatoms. The summed E-state index contributed by atoms with van der Waals surface area (Å²) in [5, 5.41) is 4.99. The van der Waals surface area contributed by atoms with Gasteiger partial charge in [-0.25, -0.2) is 0 Å². The summed E-state index contributed by atoms with van der Waals surface area (Å²) in [4.78, 5) is 33.3. The number of morpholine rings is 1. The van der Waals surface area contributed by atoms with Crippen molar-refractivity contribution in [3.63, 3.8) is 0 Å². The predicted octanol–water partition coefficient (Wildman–Crippen LogP) is 0.762. The highest BCUT2D eigenvalue weighted by Gasteiger charge is 2.34. The van der Waals surface area contributed by atoms with Crippen molar-refractivity contribution in [3.8, 4) is 0 Å². The molecule has 7 nitrogen and oxygen atoms in total. The minimum Gasteiger partial charge on any atom is -0.379 e. The SMILES string of the molecule is O=C1NCCN(Cc2cccs2)C1CC(=O)N1CCC(N2CCOCC2)CC1.